The Balaban J connectivity index is 1.68. The molecular formula is C19H20N2O4. The van der Waals surface area contributed by atoms with Crippen LogP contribution >= 0.6 is 0 Å². The summed E-state index contributed by atoms with van der Waals surface area (Å²) in [6, 6.07) is 12.9. The van der Waals surface area contributed by atoms with Gasteiger partial charge in [0.2, 0.25) is 0 Å². The van der Waals surface area contributed by atoms with Gasteiger partial charge in [0.15, 0.2) is 11.5 Å². The predicted octanol–water partition coefficient (Wildman–Crippen LogP) is 2.23. The molecule has 0 aliphatic carbocycles. The molecular weight excluding hydrogens is 320 g/mol. The second kappa shape index (κ2) is 7.25. The zero-order valence-electron chi connectivity index (χ0n) is 14.2. The first-order chi connectivity index (χ1) is 12.1. The van der Waals surface area contributed by atoms with Crippen molar-refractivity contribution >= 4 is 17.5 Å². The number of anilines is 1. The van der Waals surface area contributed by atoms with E-state index in [0.717, 1.165) is 12.0 Å². The maximum atomic E-state index is 12.4. The van der Waals surface area contributed by atoms with E-state index in [0.29, 0.717) is 30.3 Å². The summed E-state index contributed by atoms with van der Waals surface area (Å²) < 4.78 is 10.4. The number of benzene rings is 2. The number of hydrogen-bond donors (Lipinski definition) is 1. The molecule has 0 spiro atoms. The van der Waals surface area contributed by atoms with Gasteiger partial charge in [-0.25, -0.2) is 0 Å². The zero-order chi connectivity index (χ0) is 17.8. The van der Waals surface area contributed by atoms with Crippen molar-refractivity contribution in [1.29, 1.82) is 0 Å². The quantitative estimate of drug-likeness (QED) is 0.870. The highest BCUT2D eigenvalue weighted by atomic mass is 16.5. The van der Waals surface area contributed by atoms with Crippen LogP contribution in [0.2, 0.25) is 0 Å². The maximum absolute atomic E-state index is 12.4. The van der Waals surface area contributed by atoms with Crippen LogP contribution < -0.4 is 14.8 Å². The normalized spacial score (nSPS) is 13.0. The molecule has 3 rings (SSSR count). The zero-order valence-corrected chi connectivity index (χ0v) is 14.2. The van der Waals surface area contributed by atoms with Gasteiger partial charge in [0, 0.05) is 24.8 Å². The molecule has 0 unspecified atom stereocenters. The SMILES string of the molecule is COc1ccc(NC(=O)C(=O)N2CCc3ccccc3C2)cc1OC. The third kappa shape index (κ3) is 3.57. The molecule has 0 bridgehead atoms. The molecule has 0 atom stereocenters. The first-order valence-corrected chi connectivity index (χ1v) is 8.01. The Kier molecular flexibility index (Phi) is 4.88. The van der Waals surface area contributed by atoms with Gasteiger partial charge in [-0.15, -0.1) is 0 Å². The van der Waals surface area contributed by atoms with Gasteiger partial charge >= 0.3 is 11.8 Å². The molecule has 1 heterocycles. The molecule has 130 valence electrons. The molecule has 1 N–H and O–H groups in total. The van der Waals surface area contributed by atoms with E-state index < -0.39 is 11.8 Å². The fraction of sp³-hybridized carbons (Fsp3) is 0.263. The number of carbonyl (C=O) groups is 2. The molecule has 25 heavy (non-hydrogen) atoms. The summed E-state index contributed by atoms with van der Waals surface area (Å²) in [7, 11) is 3.05. The van der Waals surface area contributed by atoms with Crippen LogP contribution in [0.3, 0.4) is 0 Å². The van der Waals surface area contributed by atoms with Gasteiger partial charge in [-0.2, -0.15) is 0 Å². The van der Waals surface area contributed by atoms with E-state index in [1.165, 1.54) is 19.8 Å². The Morgan fingerprint density at radius 1 is 1.00 bits per heavy atom. The third-order valence-electron chi connectivity index (χ3n) is 4.25. The maximum Gasteiger partial charge on any atom is 0.313 e. The van der Waals surface area contributed by atoms with Gasteiger partial charge in [0.25, 0.3) is 0 Å². The van der Waals surface area contributed by atoms with Crippen LogP contribution in [0, 0.1) is 0 Å². The monoisotopic (exact) mass is 340 g/mol. The summed E-state index contributed by atoms with van der Waals surface area (Å²) in [6.07, 6.45) is 0.756. The Labute approximate surface area is 146 Å². The van der Waals surface area contributed by atoms with Crippen LogP contribution in [0.1, 0.15) is 11.1 Å². The van der Waals surface area contributed by atoms with Crippen molar-refractivity contribution in [2.75, 3.05) is 26.1 Å². The molecule has 0 fully saturated rings. The Morgan fingerprint density at radius 3 is 2.44 bits per heavy atom. The average molecular weight is 340 g/mol. The van der Waals surface area contributed by atoms with E-state index in [1.807, 2.05) is 18.2 Å². The van der Waals surface area contributed by atoms with Crippen LogP contribution in [-0.4, -0.2) is 37.5 Å². The summed E-state index contributed by atoms with van der Waals surface area (Å²) in [5.41, 5.74) is 2.79. The van der Waals surface area contributed by atoms with Crippen molar-refractivity contribution in [3.8, 4) is 11.5 Å². The van der Waals surface area contributed by atoms with Gasteiger partial charge in [-0.3, -0.25) is 9.59 Å². The van der Waals surface area contributed by atoms with Crippen molar-refractivity contribution in [3.05, 3.63) is 53.6 Å². The van der Waals surface area contributed by atoms with Crippen LogP contribution in [0.25, 0.3) is 0 Å². The molecule has 2 aromatic carbocycles. The highest BCUT2D eigenvalue weighted by Gasteiger charge is 2.25. The minimum Gasteiger partial charge on any atom is -0.493 e. The van der Waals surface area contributed by atoms with E-state index in [1.54, 1.807) is 23.1 Å². The van der Waals surface area contributed by atoms with Gasteiger partial charge < -0.3 is 19.7 Å². The molecule has 0 saturated heterocycles. The van der Waals surface area contributed by atoms with Crippen molar-refractivity contribution in [2.24, 2.45) is 0 Å². The smallest absolute Gasteiger partial charge is 0.313 e. The molecule has 2 amide bonds. The fourth-order valence-corrected chi connectivity index (χ4v) is 2.91. The first kappa shape index (κ1) is 16.8. The molecule has 6 heteroatoms. The van der Waals surface area contributed by atoms with Gasteiger partial charge in [-0.1, -0.05) is 24.3 Å². The standard InChI is InChI=1S/C19H20N2O4/c1-24-16-8-7-15(11-17(16)25-2)20-18(22)19(23)21-10-9-13-5-3-4-6-14(13)12-21/h3-8,11H,9-10,12H2,1-2H3,(H,20,22). The molecule has 1 aliphatic heterocycles. The second-order valence-corrected chi connectivity index (χ2v) is 5.77. The van der Waals surface area contributed by atoms with E-state index >= 15 is 0 Å². The molecule has 0 saturated carbocycles. The van der Waals surface area contributed by atoms with Crippen molar-refractivity contribution in [3.63, 3.8) is 0 Å². The molecule has 6 nitrogen and oxygen atoms in total. The molecule has 2 aromatic rings. The van der Waals surface area contributed by atoms with Crippen LogP contribution in [-0.2, 0) is 22.6 Å². The summed E-state index contributed by atoms with van der Waals surface area (Å²) in [5, 5.41) is 2.62. The fourth-order valence-electron chi connectivity index (χ4n) is 2.91. The third-order valence-corrected chi connectivity index (χ3v) is 4.25. The highest BCUT2D eigenvalue weighted by molar-refractivity contribution is 6.39. The number of rotatable bonds is 3. The number of carbonyl (C=O) groups excluding carboxylic acids is 2. The van der Waals surface area contributed by atoms with Crippen molar-refractivity contribution in [2.45, 2.75) is 13.0 Å². The van der Waals surface area contributed by atoms with Gasteiger partial charge in [-0.05, 0) is 29.7 Å². The minimum absolute atomic E-state index is 0.453. The number of ether oxygens (including phenoxy) is 2. The Hall–Kier alpha value is -3.02. The number of methoxy groups -OCH3 is 2. The van der Waals surface area contributed by atoms with Crippen molar-refractivity contribution < 1.29 is 19.1 Å². The molecule has 1 aliphatic rings. The van der Waals surface area contributed by atoms with E-state index in [-0.39, 0.29) is 0 Å². The summed E-state index contributed by atoms with van der Waals surface area (Å²) in [6.45, 7) is 0.990. The number of hydrogen-bond acceptors (Lipinski definition) is 4. The predicted molar refractivity (Wildman–Crippen MR) is 93.7 cm³/mol. The number of amides is 2. The minimum atomic E-state index is -0.661. The lowest BCUT2D eigenvalue weighted by atomic mass is 10.00. The van der Waals surface area contributed by atoms with E-state index in [4.69, 9.17) is 9.47 Å². The van der Waals surface area contributed by atoms with Gasteiger partial charge in [0.1, 0.15) is 0 Å². The summed E-state index contributed by atoms with van der Waals surface area (Å²) >= 11 is 0. The first-order valence-electron chi connectivity index (χ1n) is 8.01. The average Bonchev–Trinajstić information content (AvgIpc) is 2.66. The van der Waals surface area contributed by atoms with Gasteiger partial charge in [0.05, 0.1) is 14.2 Å². The second-order valence-electron chi connectivity index (χ2n) is 5.77. The van der Waals surface area contributed by atoms with E-state index in [9.17, 15) is 9.59 Å². The summed E-state index contributed by atoms with van der Waals surface area (Å²) in [4.78, 5) is 26.3. The Morgan fingerprint density at radius 2 is 1.72 bits per heavy atom. The summed E-state index contributed by atoms with van der Waals surface area (Å²) in [5.74, 6) is -0.157. The van der Waals surface area contributed by atoms with Crippen molar-refractivity contribution in [1.82, 2.24) is 4.90 Å². The van der Waals surface area contributed by atoms with Crippen LogP contribution in [0.4, 0.5) is 5.69 Å². The lowest BCUT2D eigenvalue weighted by molar-refractivity contribution is -0.143. The molecule has 0 radical (unpaired) electrons. The van der Waals surface area contributed by atoms with Crippen LogP contribution in [0.15, 0.2) is 42.5 Å². The number of fused-ring (bicyclic) bond motifs is 1. The van der Waals surface area contributed by atoms with E-state index in [2.05, 4.69) is 11.4 Å². The number of nitrogens with one attached hydrogen (secondary N) is 1. The topological polar surface area (TPSA) is 67.9 Å². The lowest BCUT2D eigenvalue weighted by Gasteiger charge is -2.28. The molecule has 0 aromatic heterocycles. The largest absolute Gasteiger partial charge is 0.493 e. The number of nitrogens with zero attached hydrogens (tertiary/aromatic N) is 1. The highest BCUT2D eigenvalue weighted by Crippen LogP contribution is 2.29. The lowest BCUT2D eigenvalue weighted by Crippen LogP contribution is -2.42. The Bertz CT molecular complexity index is 804. The van der Waals surface area contributed by atoms with Crippen LogP contribution in [0.5, 0.6) is 11.5 Å².